The summed E-state index contributed by atoms with van der Waals surface area (Å²) >= 11 is 0. The van der Waals surface area contributed by atoms with Gasteiger partial charge in [0.05, 0.1) is 22.8 Å². The molecule has 1 aliphatic rings. The van der Waals surface area contributed by atoms with E-state index in [4.69, 9.17) is 4.74 Å². The van der Waals surface area contributed by atoms with E-state index in [2.05, 4.69) is 21.0 Å². The number of hydrogen-bond donors (Lipinski definition) is 3. The van der Waals surface area contributed by atoms with Gasteiger partial charge >= 0.3 is 6.09 Å². The zero-order chi connectivity index (χ0) is 24.9. The number of ether oxygens (including phenoxy) is 1. The van der Waals surface area contributed by atoms with E-state index in [-0.39, 0.29) is 24.1 Å². The van der Waals surface area contributed by atoms with E-state index >= 15 is 0 Å². The highest BCUT2D eigenvalue weighted by molar-refractivity contribution is 6.05. The number of carbonyl (C=O) groups excluding carboxylic acids is 4. The number of amides is 4. The molecule has 2 heterocycles. The number of nitrogens with zero attached hydrogens (tertiary/aromatic N) is 2. The molecule has 3 rings (SSSR count). The molecule has 0 radical (unpaired) electrons. The van der Waals surface area contributed by atoms with Crippen LogP contribution in [0.1, 0.15) is 70.9 Å². The summed E-state index contributed by atoms with van der Waals surface area (Å²) in [4.78, 5) is 48.0. The molecule has 0 aliphatic carbocycles. The summed E-state index contributed by atoms with van der Waals surface area (Å²) in [7, 11) is 1.77. The van der Waals surface area contributed by atoms with Crippen molar-refractivity contribution in [3.05, 3.63) is 23.9 Å². The van der Waals surface area contributed by atoms with E-state index < -0.39 is 17.6 Å². The van der Waals surface area contributed by atoms with Crippen LogP contribution in [0.5, 0.6) is 0 Å². The molecule has 34 heavy (non-hydrogen) atoms. The van der Waals surface area contributed by atoms with E-state index in [9.17, 15) is 19.2 Å². The lowest BCUT2D eigenvalue weighted by Gasteiger charge is -2.19. The fourth-order valence-corrected chi connectivity index (χ4v) is 3.98. The minimum Gasteiger partial charge on any atom is -0.444 e. The molecule has 10 heteroatoms. The average molecular weight is 472 g/mol. The van der Waals surface area contributed by atoms with Crippen molar-refractivity contribution in [2.75, 3.05) is 11.9 Å². The number of imide groups is 1. The Hall–Kier alpha value is -3.43. The molecule has 0 bridgehead atoms. The van der Waals surface area contributed by atoms with Gasteiger partial charge in [-0.3, -0.25) is 24.4 Å². The molecule has 0 saturated carbocycles. The number of hydrogen-bond acceptors (Lipinski definition) is 6. The SMILES string of the molecule is Cn1nc(C2CCC(=O)NC2=O)c2cccc(NC(=O)CCCCCNC(=O)OC(C)(C)C)c21. The van der Waals surface area contributed by atoms with Crippen molar-refractivity contribution in [3.8, 4) is 0 Å². The van der Waals surface area contributed by atoms with Gasteiger partial charge in [0.15, 0.2) is 0 Å². The third-order valence-corrected chi connectivity index (χ3v) is 5.49. The van der Waals surface area contributed by atoms with Crippen LogP contribution in [-0.4, -0.2) is 45.7 Å². The number of unbranched alkanes of at least 4 members (excludes halogenated alkanes) is 2. The molecule has 2 aromatic rings. The summed E-state index contributed by atoms with van der Waals surface area (Å²) in [6.45, 7) is 5.93. The number of rotatable bonds is 8. The van der Waals surface area contributed by atoms with Crippen LogP contribution in [0.25, 0.3) is 10.9 Å². The van der Waals surface area contributed by atoms with Crippen LogP contribution in [0.3, 0.4) is 0 Å². The van der Waals surface area contributed by atoms with Gasteiger partial charge in [0.2, 0.25) is 17.7 Å². The maximum Gasteiger partial charge on any atom is 0.407 e. The van der Waals surface area contributed by atoms with Crippen molar-refractivity contribution in [2.24, 2.45) is 7.05 Å². The number of benzene rings is 1. The molecule has 1 atom stereocenters. The second kappa shape index (κ2) is 10.7. The minimum atomic E-state index is -0.526. The maximum atomic E-state index is 12.5. The molecule has 0 spiro atoms. The van der Waals surface area contributed by atoms with Gasteiger partial charge in [-0.2, -0.15) is 5.10 Å². The summed E-state index contributed by atoms with van der Waals surface area (Å²) in [5.74, 6) is -1.22. The van der Waals surface area contributed by atoms with Gasteiger partial charge in [0.25, 0.3) is 0 Å². The Morgan fingerprint density at radius 3 is 2.68 bits per heavy atom. The van der Waals surface area contributed by atoms with E-state index in [0.29, 0.717) is 37.2 Å². The smallest absolute Gasteiger partial charge is 0.407 e. The Morgan fingerprint density at radius 1 is 1.21 bits per heavy atom. The van der Waals surface area contributed by atoms with Gasteiger partial charge in [-0.15, -0.1) is 0 Å². The van der Waals surface area contributed by atoms with E-state index in [0.717, 1.165) is 23.7 Å². The zero-order valence-corrected chi connectivity index (χ0v) is 20.2. The van der Waals surface area contributed by atoms with Gasteiger partial charge in [-0.1, -0.05) is 18.6 Å². The lowest BCUT2D eigenvalue weighted by atomic mass is 9.92. The normalized spacial score (nSPS) is 16.3. The Balaban J connectivity index is 1.53. The molecular formula is C24H33N5O5. The fraction of sp³-hybridized carbons (Fsp3) is 0.542. The van der Waals surface area contributed by atoms with Gasteiger partial charge < -0.3 is 15.4 Å². The number of piperidine rings is 1. The predicted octanol–water partition coefficient (Wildman–Crippen LogP) is 3.12. The monoisotopic (exact) mass is 471 g/mol. The molecule has 1 aliphatic heterocycles. The molecule has 1 fully saturated rings. The molecule has 1 unspecified atom stereocenters. The van der Waals surface area contributed by atoms with Crippen LogP contribution in [0.15, 0.2) is 18.2 Å². The van der Waals surface area contributed by atoms with Crippen LogP contribution in [0.2, 0.25) is 0 Å². The zero-order valence-electron chi connectivity index (χ0n) is 20.2. The minimum absolute atomic E-state index is 0.114. The summed E-state index contributed by atoms with van der Waals surface area (Å²) in [5, 5.41) is 13.4. The molecule has 4 amide bonds. The molecule has 3 N–H and O–H groups in total. The first-order valence-corrected chi connectivity index (χ1v) is 11.6. The van der Waals surface area contributed by atoms with E-state index in [1.165, 1.54) is 0 Å². The van der Waals surface area contributed by atoms with Crippen molar-refractivity contribution in [1.29, 1.82) is 0 Å². The van der Waals surface area contributed by atoms with Crippen LogP contribution in [-0.2, 0) is 26.2 Å². The quantitative estimate of drug-likeness (QED) is 0.400. The highest BCUT2D eigenvalue weighted by Gasteiger charge is 2.32. The van der Waals surface area contributed by atoms with Crippen LogP contribution in [0.4, 0.5) is 10.5 Å². The number of anilines is 1. The number of carbonyl (C=O) groups is 4. The molecule has 184 valence electrons. The topological polar surface area (TPSA) is 131 Å². The number of aryl methyl sites for hydroxylation is 1. The Kier molecular flexibility index (Phi) is 7.90. The highest BCUT2D eigenvalue weighted by Crippen LogP contribution is 2.33. The standard InChI is InChI=1S/C24H33N5O5/c1-24(2,3)34-23(33)25-14-7-5-6-11-18(30)26-17-10-8-9-15-20(28-29(4)21(15)17)16-12-13-19(31)27-22(16)32/h8-10,16H,5-7,11-14H2,1-4H3,(H,25,33)(H,26,30)(H,27,31,32). The first-order valence-electron chi connectivity index (χ1n) is 11.6. The average Bonchev–Trinajstić information content (AvgIpc) is 3.06. The summed E-state index contributed by atoms with van der Waals surface area (Å²) < 4.78 is 6.85. The summed E-state index contributed by atoms with van der Waals surface area (Å²) in [6.07, 6.45) is 2.82. The molecule has 10 nitrogen and oxygen atoms in total. The Morgan fingerprint density at radius 2 is 1.97 bits per heavy atom. The second-order valence-electron chi connectivity index (χ2n) is 9.50. The Bertz CT molecular complexity index is 1090. The molecule has 1 aromatic heterocycles. The summed E-state index contributed by atoms with van der Waals surface area (Å²) in [6, 6.07) is 5.49. The third-order valence-electron chi connectivity index (χ3n) is 5.49. The lowest BCUT2D eigenvalue weighted by molar-refractivity contribution is -0.134. The number of fused-ring (bicyclic) bond motifs is 1. The highest BCUT2D eigenvalue weighted by atomic mass is 16.6. The van der Waals surface area contributed by atoms with E-state index in [1.54, 1.807) is 17.8 Å². The number of nitrogens with one attached hydrogen (secondary N) is 3. The van der Waals surface area contributed by atoms with Crippen LogP contribution in [0, 0.1) is 0 Å². The largest absolute Gasteiger partial charge is 0.444 e. The first kappa shape index (κ1) is 25.2. The van der Waals surface area contributed by atoms with E-state index in [1.807, 2.05) is 32.9 Å². The number of aromatic nitrogens is 2. The predicted molar refractivity (Wildman–Crippen MR) is 127 cm³/mol. The van der Waals surface area contributed by atoms with Crippen molar-refractivity contribution in [2.45, 2.75) is 70.8 Å². The molecule has 1 saturated heterocycles. The van der Waals surface area contributed by atoms with Crippen molar-refractivity contribution >= 4 is 40.4 Å². The fourth-order valence-electron chi connectivity index (χ4n) is 3.98. The van der Waals surface area contributed by atoms with Gasteiger partial charge in [-0.25, -0.2) is 4.79 Å². The number of alkyl carbamates (subject to hydrolysis) is 1. The maximum absolute atomic E-state index is 12.5. The van der Waals surface area contributed by atoms with Crippen molar-refractivity contribution < 1.29 is 23.9 Å². The van der Waals surface area contributed by atoms with Gasteiger partial charge in [-0.05, 0) is 46.1 Å². The lowest BCUT2D eigenvalue weighted by Crippen LogP contribution is -2.39. The van der Waals surface area contributed by atoms with Crippen molar-refractivity contribution in [3.63, 3.8) is 0 Å². The van der Waals surface area contributed by atoms with Gasteiger partial charge in [0.1, 0.15) is 5.60 Å². The Labute approximate surface area is 198 Å². The first-order chi connectivity index (χ1) is 16.0. The summed E-state index contributed by atoms with van der Waals surface area (Å²) in [5.41, 5.74) is 1.44. The number of para-hydroxylation sites is 1. The van der Waals surface area contributed by atoms with Gasteiger partial charge in [0, 0.05) is 31.8 Å². The molecular weight excluding hydrogens is 438 g/mol. The third kappa shape index (κ3) is 6.55. The van der Waals surface area contributed by atoms with Crippen LogP contribution < -0.4 is 16.0 Å². The second-order valence-corrected chi connectivity index (χ2v) is 9.50. The van der Waals surface area contributed by atoms with Crippen LogP contribution >= 0.6 is 0 Å². The molecule has 1 aromatic carbocycles. The van der Waals surface area contributed by atoms with Crippen molar-refractivity contribution in [1.82, 2.24) is 20.4 Å².